The van der Waals surface area contributed by atoms with Gasteiger partial charge in [0.25, 0.3) is 0 Å². The summed E-state index contributed by atoms with van der Waals surface area (Å²) in [7, 11) is 0. The minimum absolute atomic E-state index is 0.644. The Morgan fingerprint density at radius 2 is 2.18 bits per heavy atom. The van der Waals surface area contributed by atoms with Crippen molar-refractivity contribution in [2.75, 3.05) is 6.61 Å². The molecule has 0 atom stereocenters. The van der Waals surface area contributed by atoms with Gasteiger partial charge >= 0.3 is 0 Å². The van der Waals surface area contributed by atoms with Crippen molar-refractivity contribution in [3.05, 3.63) is 47.7 Å². The summed E-state index contributed by atoms with van der Waals surface area (Å²) in [6, 6.07) is 6.42. The van der Waals surface area contributed by atoms with Crippen LogP contribution in [0.5, 0.6) is 5.75 Å². The van der Waals surface area contributed by atoms with E-state index in [0.717, 1.165) is 24.2 Å². The van der Waals surface area contributed by atoms with Crippen LogP contribution in [0, 0.1) is 0 Å². The van der Waals surface area contributed by atoms with Gasteiger partial charge < -0.3 is 4.74 Å². The zero-order valence-electron chi connectivity index (χ0n) is 9.99. The molecule has 0 spiro atoms. The zero-order valence-corrected chi connectivity index (χ0v) is 9.99. The van der Waals surface area contributed by atoms with Crippen LogP contribution in [0.15, 0.2) is 41.5 Å². The second-order valence-corrected chi connectivity index (χ2v) is 4.73. The van der Waals surface area contributed by atoms with Crippen LogP contribution in [0.1, 0.15) is 24.5 Å². The molecule has 1 aromatic carbocycles. The molecular weight excluding hydrogens is 210 g/mol. The van der Waals surface area contributed by atoms with Crippen molar-refractivity contribution in [3.8, 4) is 5.75 Å². The number of hydrogen-bond donors (Lipinski definition) is 0. The molecule has 0 amide bonds. The largest absolute Gasteiger partial charge is 0.489 e. The molecule has 0 aromatic heterocycles. The first kappa shape index (κ1) is 10.3. The summed E-state index contributed by atoms with van der Waals surface area (Å²) in [6.45, 7) is 6.67. The monoisotopic (exact) mass is 225 g/mol. The van der Waals surface area contributed by atoms with Gasteiger partial charge in [-0.1, -0.05) is 18.7 Å². The van der Waals surface area contributed by atoms with Crippen LogP contribution in [0.4, 0.5) is 0 Å². The summed E-state index contributed by atoms with van der Waals surface area (Å²) in [5.41, 5.74) is 6.05. The SMILES string of the molecule is C=C1COc2cc(C3=CN=C(C)C3)ccc2C1. The first-order chi connectivity index (χ1) is 8.22. The highest BCUT2D eigenvalue weighted by atomic mass is 16.5. The lowest BCUT2D eigenvalue weighted by Crippen LogP contribution is -2.11. The maximum Gasteiger partial charge on any atom is 0.123 e. The van der Waals surface area contributed by atoms with Gasteiger partial charge in [0.05, 0.1) is 0 Å². The molecular formula is C15H15NO. The normalized spacial score (nSPS) is 18.3. The van der Waals surface area contributed by atoms with Gasteiger partial charge in [-0.3, -0.25) is 4.99 Å². The molecule has 86 valence electrons. The van der Waals surface area contributed by atoms with Crippen LogP contribution in [-0.4, -0.2) is 12.3 Å². The van der Waals surface area contributed by atoms with E-state index in [1.807, 2.05) is 6.20 Å². The Hall–Kier alpha value is -1.83. The fraction of sp³-hybridized carbons (Fsp3) is 0.267. The van der Waals surface area contributed by atoms with Crippen LogP contribution in [-0.2, 0) is 6.42 Å². The Morgan fingerprint density at radius 3 is 2.94 bits per heavy atom. The minimum Gasteiger partial charge on any atom is -0.489 e. The number of fused-ring (bicyclic) bond motifs is 1. The highest BCUT2D eigenvalue weighted by Crippen LogP contribution is 2.32. The number of ether oxygens (including phenoxy) is 1. The molecule has 0 unspecified atom stereocenters. The Kier molecular flexibility index (Phi) is 2.36. The smallest absolute Gasteiger partial charge is 0.123 e. The van der Waals surface area contributed by atoms with E-state index in [2.05, 4.69) is 36.7 Å². The van der Waals surface area contributed by atoms with E-state index in [0.29, 0.717) is 6.61 Å². The maximum absolute atomic E-state index is 5.70. The van der Waals surface area contributed by atoms with Gasteiger partial charge in [-0.15, -0.1) is 0 Å². The second-order valence-electron chi connectivity index (χ2n) is 4.73. The first-order valence-corrected chi connectivity index (χ1v) is 5.87. The van der Waals surface area contributed by atoms with Gasteiger partial charge in [0.1, 0.15) is 12.4 Å². The first-order valence-electron chi connectivity index (χ1n) is 5.87. The molecule has 2 nitrogen and oxygen atoms in total. The van der Waals surface area contributed by atoms with Crippen LogP contribution in [0.3, 0.4) is 0 Å². The Balaban J connectivity index is 1.92. The molecule has 0 saturated heterocycles. The molecule has 0 N–H and O–H groups in total. The minimum atomic E-state index is 0.644. The Bertz CT molecular complexity index is 552. The summed E-state index contributed by atoms with van der Waals surface area (Å²) in [6.07, 6.45) is 3.84. The number of rotatable bonds is 1. The highest BCUT2D eigenvalue weighted by molar-refractivity contribution is 5.96. The third-order valence-electron chi connectivity index (χ3n) is 3.20. The molecule has 1 aromatic rings. The zero-order chi connectivity index (χ0) is 11.8. The molecule has 2 heteroatoms. The second kappa shape index (κ2) is 3.88. The molecule has 17 heavy (non-hydrogen) atoms. The van der Waals surface area contributed by atoms with Crippen molar-refractivity contribution in [2.24, 2.45) is 4.99 Å². The molecule has 2 heterocycles. The van der Waals surface area contributed by atoms with E-state index in [4.69, 9.17) is 4.74 Å². The standard InChI is InChI=1S/C15H15NO/c1-10-5-13-4-3-12(7-15(13)17-9-10)14-6-11(2)16-8-14/h3-4,7-8H,1,5-6,9H2,2H3. The molecule has 0 aliphatic carbocycles. The molecule has 0 bridgehead atoms. The van der Waals surface area contributed by atoms with E-state index in [1.54, 1.807) is 0 Å². The lowest BCUT2D eigenvalue weighted by atomic mass is 9.97. The number of benzene rings is 1. The summed E-state index contributed by atoms with van der Waals surface area (Å²) in [4.78, 5) is 4.32. The number of nitrogens with zero attached hydrogens (tertiary/aromatic N) is 1. The molecule has 2 aliphatic rings. The van der Waals surface area contributed by atoms with Gasteiger partial charge in [-0.05, 0) is 35.3 Å². The lowest BCUT2D eigenvalue weighted by molar-refractivity contribution is 0.332. The molecule has 0 radical (unpaired) electrons. The van der Waals surface area contributed by atoms with Crippen molar-refractivity contribution < 1.29 is 4.74 Å². The van der Waals surface area contributed by atoms with Gasteiger partial charge in [-0.25, -0.2) is 0 Å². The van der Waals surface area contributed by atoms with Crippen molar-refractivity contribution >= 4 is 11.3 Å². The summed E-state index contributed by atoms with van der Waals surface area (Å²) in [5.74, 6) is 1.00. The van der Waals surface area contributed by atoms with Gasteiger partial charge in [-0.2, -0.15) is 0 Å². The van der Waals surface area contributed by atoms with Crippen LogP contribution < -0.4 is 4.74 Å². The van der Waals surface area contributed by atoms with Gasteiger partial charge in [0.15, 0.2) is 0 Å². The van der Waals surface area contributed by atoms with E-state index in [1.165, 1.54) is 22.4 Å². The number of aliphatic imine (C=N–C) groups is 1. The van der Waals surface area contributed by atoms with E-state index in [-0.39, 0.29) is 0 Å². The highest BCUT2D eigenvalue weighted by Gasteiger charge is 2.15. The van der Waals surface area contributed by atoms with Crippen molar-refractivity contribution in [3.63, 3.8) is 0 Å². The van der Waals surface area contributed by atoms with Gasteiger partial charge in [0, 0.05) is 24.8 Å². The van der Waals surface area contributed by atoms with Crippen LogP contribution in [0.2, 0.25) is 0 Å². The summed E-state index contributed by atoms with van der Waals surface area (Å²) in [5, 5.41) is 0. The summed E-state index contributed by atoms with van der Waals surface area (Å²) >= 11 is 0. The summed E-state index contributed by atoms with van der Waals surface area (Å²) < 4.78 is 5.70. The van der Waals surface area contributed by atoms with E-state index < -0.39 is 0 Å². The Morgan fingerprint density at radius 1 is 1.29 bits per heavy atom. The quantitative estimate of drug-likeness (QED) is 0.671. The Labute approximate surface area is 101 Å². The molecule has 0 saturated carbocycles. The molecule has 3 rings (SSSR count). The lowest BCUT2D eigenvalue weighted by Gasteiger charge is -2.20. The number of allylic oxidation sites excluding steroid dienone is 1. The van der Waals surface area contributed by atoms with Crippen molar-refractivity contribution in [1.82, 2.24) is 0 Å². The molecule has 0 fully saturated rings. The van der Waals surface area contributed by atoms with Crippen molar-refractivity contribution in [2.45, 2.75) is 19.8 Å². The third kappa shape index (κ3) is 1.91. The van der Waals surface area contributed by atoms with E-state index in [9.17, 15) is 0 Å². The third-order valence-corrected chi connectivity index (χ3v) is 3.20. The number of hydrogen-bond acceptors (Lipinski definition) is 2. The topological polar surface area (TPSA) is 21.6 Å². The fourth-order valence-corrected chi connectivity index (χ4v) is 2.27. The predicted octanol–water partition coefficient (Wildman–Crippen LogP) is 3.38. The predicted molar refractivity (Wildman–Crippen MR) is 70.5 cm³/mol. The average molecular weight is 225 g/mol. The maximum atomic E-state index is 5.70. The van der Waals surface area contributed by atoms with Crippen LogP contribution >= 0.6 is 0 Å². The van der Waals surface area contributed by atoms with Crippen LogP contribution in [0.25, 0.3) is 5.57 Å². The van der Waals surface area contributed by atoms with Crippen molar-refractivity contribution in [1.29, 1.82) is 0 Å². The van der Waals surface area contributed by atoms with Gasteiger partial charge in [0.2, 0.25) is 0 Å². The average Bonchev–Trinajstić information content (AvgIpc) is 2.75. The molecule has 2 aliphatic heterocycles. The fourth-order valence-electron chi connectivity index (χ4n) is 2.27. The van der Waals surface area contributed by atoms with E-state index >= 15 is 0 Å².